The Hall–Kier alpha value is -0.390. The van der Waals surface area contributed by atoms with Gasteiger partial charge in [0.25, 0.3) is 5.19 Å². The molecule has 0 aliphatic carbocycles. The van der Waals surface area contributed by atoms with Gasteiger partial charge in [-0.3, -0.25) is 0 Å². The van der Waals surface area contributed by atoms with Crippen LogP contribution in [0.1, 0.15) is 17.8 Å². The SMILES string of the molecule is CN1CCC(Oc2nnc(CCl)s2)CC1. The molecule has 0 N–H and O–H groups in total. The van der Waals surface area contributed by atoms with E-state index < -0.39 is 0 Å². The van der Waals surface area contributed by atoms with Crippen molar-refractivity contribution >= 4 is 22.9 Å². The van der Waals surface area contributed by atoms with E-state index in [1.54, 1.807) is 0 Å². The summed E-state index contributed by atoms with van der Waals surface area (Å²) in [7, 11) is 2.13. The zero-order chi connectivity index (χ0) is 10.7. The normalized spacial score (nSPS) is 19.3. The van der Waals surface area contributed by atoms with Crippen LogP contribution in [0, 0.1) is 0 Å². The monoisotopic (exact) mass is 247 g/mol. The second kappa shape index (κ2) is 5.09. The predicted molar refractivity (Wildman–Crippen MR) is 60.6 cm³/mol. The Labute approximate surface area is 98.2 Å². The molecule has 1 aliphatic heterocycles. The molecule has 0 unspecified atom stereocenters. The lowest BCUT2D eigenvalue weighted by Crippen LogP contribution is -2.35. The summed E-state index contributed by atoms with van der Waals surface area (Å²) < 4.78 is 5.75. The summed E-state index contributed by atoms with van der Waals surface area (Å²) in [4.78, 5) is 2.31. The van der Waals surface area contributed by atoms with Crippen LogP contribution in [-0.4, -0.2) is 41.3 Å². The first-order chi connectivity index (χ1) is 7.28. The summed E-state index contributed by atoms with van der Waals surface area (Å²) >= 11 is 7.09. The van der Waals surface area contributed by atoms with Crippen LogP contribution in [0.25, 0.3) is 0 Å². The van der Waals surface area contributed by atoms with Gasteiger partial charge < -0.3 is 9.64 Å². The van der Waals surface area contributed by atoms with Gasteiger partial charge in [0.05, 0.1) is 5.88 Å². The number of rotatable bonds is 3. The first-order valence-electron chi connectivity index (χ1n) is 5.01. The molecule has 2 rings (SSSR count). The van der Waals surface area contributed by atoms with Crippen molar-refractivity contribution in [3.8, 4) is 5.19 Å². The zero-order valence-electron chi connectivity index (χ0n) is 8.65. The van der Waals surface area contributed by atoms with Gasteiger partial charge in [-0.2, -0.15) is 0 Å². The fraction of sp³-hybridized carbons (Fsp3) is 0.778. The minimum Gasteiger partial charge on any atom is -0.466 e. The second-order valence-corrected chi connectivity index (χ2v) is 5.01. The molecule has 0 atom stereocenters. The average molecular weight is 248 g/mol. The Balaban J connectivity index is 1.86. The third-order valence-electron chi connectivity index (χ3n) is 2.50. The van der Waals surface area contributed by atoms with Crippen LogP contribution in [0.2, 0.25) is 0 Å². The Morgan fingerprint density at radius 3 is 2.80 bits per heavy atom. The van der Waals surface area contributed by atoms with Crippen molar-refractivity contribution < 1.29 is 4.74 Å². The summed E-state index contributed by atoms with van der Waals surface area (Å²) in [6, 6.07) is 0. The van der Waals surface area contributed by atoms with E-state index in [1.165, 1.54) is 11.3 Å². The number of piperidine rings is 1. The number of likely N-dealkylation sites (tertiary alicyclic amines) is 1. The molecule has 1 aliphatic rings. The lowest BCUT2D eigenvalue weighted by atomic mass is 10.1. The number of ether oxygens (including phenoxy) is 1. The van der Waals surface area contributed by atoms with Crippen LogP contribution in [0.3, 0.4) is 0 Å². The van der Waals surface area contributed by atoms with Crippen molar-refractivity contribution in [3.05, 3.63) is 5.01 Å². The maximum Gasteiger partial charge on any atom is 0.294 e. The number of nitrogens with zero attached hydrogens (tertiary/aromatic N) is 3. The molecule has 84 valence electrons. The van der Waals surface area contributed by atoms with Gasteiger partial charge in [0.1, 0.15) is 11.1 Å². The molecular formula is C9H14ClN3OS. The van der Waals surface area contributed by atoms with E-state index in [9.17, 15) is 0 Å². The highest BCUT2D eigenvalue weighted by atomic mass is 35.5. The maximum absolute atomic E-state index is 5.75. The van der Waals surface area contributed by atoms with E-state index in [0.717, 1.165) is 30.9 Å². The summed E-state index contributed by atoms with van der Waals surface area (Å²) in [6.07, 6.45) is 2.41. The van der Waals surface area contributed by atoms with Crippen molar-refractivity contribution in [2.75, 3.05) is 20.1 Å². The molecule has 0 bridgehead atoms. The minimum absolute atomic E-state index is 0.289. The predicted octanol–water partition coefficient (Wildman–Crippen LogP) is 1.75. The van der Waals surface area contributed by atoms with E-state index in [-0.39, 0.29) is 6.10 Å². The van der Waals surface area contributed by atoms with E-state index in [0.29, 0.717) is 11.1 Å². The highest BCUT2D eigenvalue weighted by molar-refractivity contribution is 7.13. The lowest BCUT2D eigenvalue weighted by molar-refractivity contribution is 0.113. The van der Waals surface area contributed by atoms with Gasteiger partial charge in [-0.15, -0.1) is 21.8 Å². The van der Waals surface area contributed by atoms with Gasteiger partial charge in [-0.25, -0.2) is 0 Å². The molecular weight excluding hydrogens is 234 g/mol. The Bertz CT molecular complexity index is 312. The molecule has 1 saturated heterocycles. The van der Waals surface area contributed by atoms with Crippen LogP contribution < -0.4 is 4.74 Å². The van der Waals surface area contributed by atoms with E-state index in [4.69, 9.17) is 16.3 Å². The van der Waals surface area contributed by atoms with Gasteiger partial charge in [-0.05, 0) is 19.9 Å². The molecule has 0 saturated carbocycles. The number of halogens is 1. The molecule has 0 spiro atoms. The Kier molecular flexibility index (Phi) is 3.77. The summed E-state index contributed by atoms with van der Waals surface area (Å²) in [5.41, 5.74) is 0. The molecule has 0 aromatic carbocycles. The Morgan fingerprint density at radius 2 is 2.20 bits per heavy atom. The van der Waals surface area contributed by atoms with Gasteiger partial charge in [0.15, 0.2) is 0 Å². The van der Waals surface area contributed by atoms with Gasteiger partial charge in [0, 0.05) is 13.1 Å². The highest BCUT2D eigenvalue weighted by Crippen LogP contribution is 2.23. The minimum atomic E-state index is 0.289. The summed E-state index contributed by atoms with van der Waals surface area (Å²) in [5, 5.41) is 9.34. The fourth-order valence-corrected chi connectivity index (χ4v) is 2.41. The van der Waals surface area contributed by atoms with Crippen LogP contribution in [0.4, 0.5) is 0 Å². The van der Waals surface area contributed by atoms with Gasteiger partial charge in [-0.1, -0.05) is 11.3 Å². The quantitative estimate of drug-likeness (QED) is 0.763. The van der Waals surface area contributed by atoms with Crippen molar-refractivity contribution in [2.24, 2.45) is 0 Å². The first-order valence-corrected chi connectivity index (χ1v) is 6.36. The molecule has 1 fully saturated rings. The molecule has 0 amide bonds. The molecule has 4 nitrogen and oxygen atoms in total. The topological polar surface area (TPSA) is 38.2 Å². The van der Waals surface area contributed by atoms with Gasteiger partial charge >= 0.3 is 0 Å². The molecule has 2 heterocycles. The molecule has 15 heavy (non-hydrogen) atoms. The lowest BCUT2D eigenvalue weighted by Gasteiger charge is -2.28. The van der Waals surface area contributed by atoms with E-state index >= 15 is 0 Å². The van der Waals surface area contributed by atoms with Crippen molar-refractivity contribution in [3.63, 3.8) is 0 Å². The molecule has 1 aromatic heterocycles. The van der Waals surface area contributed by atoms with Crippen LogP contribution in [0.5, 0.6) is 5.19 Å². The van der Waals surface area contributed by atoms with E-state index in [2.05, 4.69) is 22.1 Å². The van der Waals surface area contributed by atoms with Crippen LogP contribution >= 0.6 is 22.9 Å². The highest BCUT2D eigenvalue weighted by Gasteiger charge is 2.19. The average Bonchev–Trinajstić information content (AvgIpc) is 2.69. The third kappa shape index (κ3) is 3.03. The smallest absolute Gasteiger partial charge is 0.294 e. The van der Waals surface area contributed by atoms with Crippen LogP contribution in [-0.2, 0) is 5.88 Å². The third-order valence-corrected chi connectivity index (χ3v) is 3.72. The number of hydrogen-bond donors (Lipinski definition) is 0. The number of alkyl halides is 1. The standard InChI is InChI=1S/C9H14ClN3OS/c1-13-4-2-7(3-5-13)14-9-12-11-8(6-10)15-9/h7H,2-6H2,1H3. The Morgan fingerprint density at radius 1 is 1.47 bits per heavy atom. The van der Waals surface area contributed by atoms with E-state index in [1.807, 2.05) is 0 Å². The summed E-state index contributed by atoms with van der Waals surface area (Å²) in [6.45, 7) is 2.18. The largest absolute Gasteiger partial charge is 0.466 e. The first kappa shape index (κ1) is 11.1. The number of hydrogen-bond acceptors (Lipinski definition) is 5. The molecule has 6 heteroatoms. The number of aromatic nitrogens is 2. The van der Waals surface area contributed by atoms with Crippen molar-refractivity contribution in [2.45, 2.75) is 24.8 Å². The molecule has 0 radical (unpaired) electrons. The molecule has 1 aromatic rings. The fourth-order valence-electron chi connectivity index (χ4n) is 1.59. The maximum atomic E-state index is 5.75. The van der Waals surface area contributed by atoms with Crippen LogP contribution in [0.15, 0.2) is 0 Å². The van der Waals surface area contributed by atoms with Crippen molar-refractivity contribution in [1.29, 1.82) is 0 Å². The summed E-state index contributed by atoms with van der Waals surface area (Å²) in [5.74, 6) is 0.411. The van der Waals surface area contributed by atoms with Gasteiger partial charge in [0.2, 0.25) is 0 Å². The van der Waals surface area contributed by atoms with Crippen molar-refractivity contribution in [1.82, 2.24) is 15.1 Å². The zero-order valence-corrected chi connectivity index (χ0v) is 10.2. The second-order valence-electron chi connectivity index (χ2n) is 3.72.